The van der Waals surface area contributed by atoms with Crippen LogP contribution in [-0.4, -0.2) is 39.8 Å². The van der Waals surface area contributed by atoms with Gasteiger partial charge in [0.05, 0.1) is 4.88 Å². The van der Waals surface area contributed by atoms with Gasteiger partial charge >= 0.3 is 0 Å². The monoisotopic (exact) mass is 420 g/mol. The van der Waals surface area contributed by atoms with Crippen molar-refractivity contribution in [2.45, 2.75) is 6.92 Å². The summed E-state index contributed by atoms with van der Waals surface area (Å²) in [6.07, 6.45) is 0. The van der Waals surface area contributed by atoms with Crippen molar-refractivity contribution in [3.05, 3.63) is 75.5 Å². The minimum atomic E-state index is -0.290. The zero-order valence-corrected chi connectivity index (χ0v) is 17.5. The molecule has 0 unspecified atom stereocenters. The molecule has 0 bridgehead atoms. The highest BCUT2D eigenvalue weighted by Crippen LogP contribution is 2.27. The van der Waals surface area contributed by atoms with E-state index in [1.54, 1.807) is 25.1 Å². The number of benzene rings is 1. The van der Waals surface area contributed by atoms with Crippen molar-refractivity contribution in [2.75, 3.05) is 24.3 Å². The first kappa shape index (κ1) is 19.6. The maximum Gasteiger partial charge on any atom is 0.256 e. The number of hydrogen-bond donors (Lipinski definition) is 2. The van der Waals surface area contributed by atoms with Crippen LogP contribution in [0.1, 0.15) is 16.1 Å². The molecule has 8 nitrogen and oxygen atoms in total. The van der Waals surface area contributed by atoms with Crippen molar-refractivity contribution in [3.63, 3.8) is 0 Å². The molecule has 4 aromatic rings. The van der Waals surface area contributed by atoms with Crippen LogP contribution in [0.4, 0.5) is 11.5 Å². The second-order valence-corrected chi connectivity index (χ2v) is 7.86. The Bertz CT molecular complexity index is 1240. The number of carbonyl (C=O) groups excluding carboxylic acids is 1. The Morgan fingerprint density at radius 2 is 1.93 bits per heavy atom. The Labute approximate surface area is 176 Å². The second-order valence-electron chi connectivity index (χ2n) is 6.91. The molecule has 0 spiro atoms. The van der Waals surface area contributed by atoms with E-state index in [0.29, 0.717) is 22.8 Å². The van der Waals surface area contributed by atoms with Crippen LogP contribution in [0.15, 0.2) is 58.7 Å². The Balaban J connectivity index is 1.72. The average molecular weight is 420 g/mol. The van der Waals surface area contributed by atoms with Crippen LogP contribution in [-0.2, 0) is 0 Å². The molecule has 1 amide bonds. The number of thiophene rings is 1. The van der Waals surface area contributed by atoms with Crippen molar-refractivity contribution in [1.82, 2.24) is 19.7 Å². The Kier molecular flexibility index (Phi) is 5.20. The predicted octanol–water partition coefficient (Wildman–Crippen LogP) is 3.31. The summed E-state index contributed by atoms with van der Waals surface area (Å²) in [5.41, 5.74) is 2.45. The van der Waals surface area contributed by atoms with Crippen LogP contribution in [0.5, 0.6) is 0 Å². The molecule has 2 N–H and O–H groups in total. The maximum absolute atomic E-state index is 12.9. The molecule has 0 aliphatic rings. The lowest BCUT2D eigenvalue weighted by Gasteiger charge is -2.13. The van der Waals surface area contributed by atoms with Gasteiger partial charge in [-0.3, -0.25) is 14.6 Å². The number of aromatic nitrogens is 4. The van der Waals surface area contributed by atoms with Crippen LogP contribution >= 0.6 is 11.3 Å². The van der Waals surface area contributed by atoms with Gasteiger partial charge in [0.15, 0.2) is 0 Å². The SMILES string of the molecule is Cc1cc(=O)[nH]c(-n2nc(-c3cccs3)cc2NC(=O)c2ccc(N(C)C)cc2)n1. The molecule has 0 saturated carbocycles. The fourth-order valence-electron chi connectivity index (χ4n) is 2.94. The summed E-state index contributed by atoms with van der Waals surface area (Å²) in [7, 11) is 3.88. The van der Waals surface area contributed by atoms with Crippen molar-refractivity contribution in [3.8, 4) is 16.5 Å². The van der Waals surface area contributed by atoms with E-state index in [1.165, 1.54) is 22.1 Å². The highest BCUT2D eigenvalue weighted by atomic mass is 32.1. The van der Waals surface area contributed by atoms with Crippen LogP contribution < -0.4 is 15.8 Å². The summed E-state index contributed by atoms with van der Waals surface area (Å²) in [5, 5.41) is 9.40. The third-order valence-electron chi connectivity index (χ3n) is 4.43. The van der Waals surface area contributed by atoms with E-state index in [1.807, 2.05) is 48.6 Å². The van der Waals surface area contributed by atoms with Crippen LogP contribution in [0.2, 0.25) is 0 Å². The summed E-state index contributed by atoms with van der Waals surface area (Å²) in [6, 6.07) is 14.3. The highest BCUT2D eigenvalue weighted by Gasteiger charge is 2.17. The third kappa shape index (κ3) is 4.01. The van der Waals surface area contributed by atoms with E-state index < -0.39 is 0 Å². The first-order valence-corrected chi connectivity index (χ1v) is 10.1. The van der Waals surface area contributed by atoms with Gasteiger partial charge in [-0.05, 0) is 42.6 Å². The smallest absolute Gasteiger partial charge is 0.256 e. The average Bonchev–Trinajstić information content (AvgIpc) is 3.37. The summed E-state index contributed by atoms with van der Waals surface area (Å²) >= 11 is 1.53. The van der Waals surface area contributed by atoms with E-state index in [4.69, 9.17) is 0 Å². The number of anilines is 2. The predicted molar refractivity (Wildman–Crippen MR) is 119 cm³/mol. The van der Waals surface area contributed by atoms with Gasteiger partial charge in [-0.2, -0.15) is 9.78 Å². The Morgan fingerprint density at radius 3 is 2.57 bits per heavy atom. The summed E-state index contributed by atoms with van der Waals surface area (Å²) in [4.78, 5) is 34.7. The number of carbonyl (C=O) groups is 1. The van der Waals surface area contributed by atoms with Crippen LogP contribution in [0.3, 0.4) is 0 Å². The van der Waals surface area contributed by atoms with Gasteiger partial charge in [0.25, 0.3) is 11.5 Å². The molecule has 0 radical (unpaired) electrons. The molecule has 9 heteroatoms. The van der Waals surface area contributed by atoms with E-state index >= 15 is 0 Å². The number of amides is 1. The molecule has 0 fully saturated rings. The van der Waals surface area contributed by atoms with Gasteiger partial charge in [0, 0.05) is 43.2 Å². The molecule has 0 aliphatic heterocycles. The van der Waals surface area contributed by atoms with Gasteiger partial charge in [-0.25, -0.2) is 4.98 Å². The lowest BCUT2D eigenvalue weighted by atomic mass is 10.2. The molecule has 1 aromatic carbocycles. The fraction of sp³-hybridized carbons (Fsp3) is 0.143. The van der Waals surface area contributed by atoms with E-state index in [2.05, 4.69) is 20.4 Å². The zero-order chi connectivity index (χ0) is 21.3. The zero-order valence-electron chi connectivity index (χ0n) is 16.7. The van der Waals surface area contributed by atoms with Crippen molar-refractivity contribution >= 4 is 28.7 Å². The van der Waals surface area contributed by atoms with Gasteiger partial charge in [-0.1, -0.05) is 6.07 Å². The third-order valence-corrected chi connectivity index (χ3v) is 5.32. The van der Waals surface area contributed by atoms with Gasteiger partial charge < -0.3 is 10.2 Å². The number of nitrogens with one attached hydrogen (secondary N) is 2. The Morgan fingerprint density at radius 1 is 1.17 bits per heavy atom. The molecule has 152 valence electrons. The van der Waals surface area contributed by atoms with Crippen molar-refractivity contribution in [1.29, 1.82) is 0 Å². The molecule has 4 rings (SSSR count). The topological polar surface area (TPSA) is 95.9 Å². The molecule has 0 saturated heterocycles. The largest absolute Gasteiger partial charge is 0.378 e. The number of aryl methyl sites for hydroxylation is 1. The first-order chi connectivity index (χ1) is 14.4. The maximum atomic E-state index is 12.9. The van der Waals surface area contributed by atoms with E-state index in [0.717, 1.165) is 10.6 Å². The van der Waals surface area contributed by atoms with Gasteiger partial charge in [0.1, 0.15) is 11.5 Å². The lowest BCUT2D eigenvalue weighted by molar-refractivity contribution is 0.102. The fourth-order valence-corrected chi connectivity index (χ4v) is 3.62. The first-order valence-electron chi connectivity index (χ1n) is 9.22. The summed E-state index contributed by atoms with van der Waals surface area (Å²) in [5.74, 6) is 0.365. The minimum Gasteiger partial charge on any atom is -0.378 e. The molecular weight excluding hydrogens is 400 g/mol. The number of rotatable bonds is 5. The van der Waals surface area contributed by atoms with Crippen LogP contribution in [0.25, 0.3) is 16.5 Å². The molecule has 3 heterocycles. The summed E-state index contributed by atoms with van der Waals surface area (Å²) in [6.45, 7) is 1.73. The molecule has 30 heavy (non-hydrogen) atoms. The van der Waals surface area contributed by atoms with E-state index in [9.17, 15) is 9.59 Å². The second kappa shape index (κ2) is 7.96. The number of aromatic amines is 1. The standard InChI is InChI=1S/C21H20N6O2S/c1-13-11-19(28)24-21(22-13)27-18(12-16(25-27)17-5-4-10-30-17)23-20(29)14-6-8-15(9-7-14)26(2)3/h4-12H,1-3H3,(H,23,29)(H,22,24,28). The van der Waals surface area contributed by atoms with Gasteiger partial charge in [-0.15, -0.1) is 11.3 Å². The van der Waals surface area contributed by atoms with Crippen molar-refractivity contribution in [2.24, 2.45) is 0 Å². The normalized spacial score (nSPS) is 10.8. The molecule has 0 aliphatic carbocycles. The number of nitrogens with zero attached hydrogens (tertiary/aromatic N) is 4. The molecule has 0 atom stereocenters. The quantitative estimate of drug-likeness (QED) is 0.516. The minimum absolute atomic E-state index is 0.237. The van der Waals surface area contributed by atoms with E-state index in [-0.39, 0.29) is 17.4 Å². The molecule has 3 aromatic heterocycles. The van der Waals surface area contributed by atoms with Crippen molar-refractivity contribution < 1.29 is 4.79 Å². The number of hydrogen-bond acceptors (Lipinski definition) is 6. The lowest BCUT2D eigenvalue weighted by Crippen LogP contribution is -2.19. The molecular formula is C21H20N6O2S. The van der Waals surface area contributed by atoms with Gasteiger partial charge in [0.2, 0.25) is 5.95 Å². The number of H-pyrrole nitrogens is 1. The highest BCUT2D eigenvalue weighted by molar-refractivity contribution is 7.13. The summed E-state index contributed by atoms with van der Waals surface area (Å²) < 4.78 is 1.44. The van der Waals surface area contributed by atoms with Crippen LogP contribution in [0, 0.1) is 6.92 Å². The Hall–Kier alpha value is -3.72.